The van der Waals surface area contributed by atoms with Crippen LogP contribution in [0, 0.1) is 76.9 Å². The van der Waals surface area contributed by atoms with Crippen molar-refractivity contribution in [1.29, 1.82) is 0 Å². The van der Waals surface area contributed by atoms with E-state index in [2.05, 4.69) is 0 Å². The first kappa shape index (κ1) is 94.1. The molecule has 4 aliphatic rings. The summed E-state index contributed by atoms with van der Waals surface area (Å²) in [4.78, 5) is 126. The fourth-order valence-electron chi connectivity index (χ4n) is 13.1. The van der Waals surface area contributed by atoms with Crippen molar-refractivity contribution >= 4 is 57.8 Å². The van der Waals surface area contributed by atoms with E-state index >= 15 is 0 Å². The van der Waals surface area contributed by atoms with Crippen LogP contribution < -0.4 is 0 Å². The molecule has 102 heavy (non-hydrogen) atoms. The van der Waals surface area contributed by atoms with Crippen LogP contribution in [0.5, 0.6) is 0 Å². The first-order chi connectivity index (χ1) is 46.9. The Morgan fingerprint density at radius 2 is 0.657 bits per heavy atom. The van der Waals surface area contributed by atoms with Gasteiger partial charge in [0, 0.05) is 38.0 Å². The Balaban J connectivity index is 0.000000681. The summed E-state index contributed by atoms with van der Waals surface area (Å²) >= 11 is 0. The molecule has 20 heteroatoms. The van der Waals surface area contributed by atoms with Crippen LogP contribution in [0.3, 0.4) is 0 Å². The second kappa shape index (κ2) is 41.1. The molecule has 4 rings (SSSR count). The molecule has 580 valence electrons. The summed E-state index contributed by atoms with van der Waals surface area (Å²) in [6.45, 7) is 43.6. The minimum absolute atomic E-state index is 0.0281. The van der Waals surface area contributed by atoms with Crippen LogP contribution in [0.25, 0.3) is 0 Å². The van der Waals surface area contributed by atoms with E-state index in [1.165, 1.54) is 0 Å². The van der Waals surface area contributed by atoms with Crippen molar-refractivity contribution in [1.82, 2.24) is 0 Å². The number of aliphatic hydroxyl groups is 10. The van der Waals surface area contributed by atoms with Gasteiger partial charge in [-0.15, -0.1) is 0 Å². The molecular formula is C82H132O20. The fourth-order valence-corrected chi connectivity index (χ4v) is 13.1. The molecule has 0 aromatic rings. The zero-order valence-electron chi connectivity index (χ0n) is 66.1. The van der Waals surface area contributed by atoms with Crippen LogP contribution in [0.4, 0.5) is 0 Å². The number of hydrogen-bond acceptors (Lipinski definition) is 20. The van der Waals surface area contributed by atoms with Gasteiger partial charge in [0.15, 0.2) is 80.2 Å². The Kier molecular flexibility index (Phi) is 37.9. The molecular weight excluding hydrogens is 1300 g/mol. The minimum Gasteiger partial charge on any atom is -0.508 e. The summed E-state index contributed by atoms with van der Waals surface area (Å²) in [5.74, 6) is -10.9. The molecule has 10 N–H and O–H groups in total. The van der Waals surface area contributed by atoms with Crippen LogP contribution in [-0.4, -0.2) is 144 Å². The lowest BCUT2D eigenvalue weighted by atomic mass is 9.78. The number of aliphatic hydroxyl groups excluding tert-OH is 6. The minimum atomic E-state index is -2.31. The number of Topliss-reactive ketones (excluding diaryl/α,β-unsaturated/α-hetero) is 10. The molecule has 20 nitrogen and oxygen atoms in total. The third kappa shape index (κ3) is 23.8. The van der Waals surface area contributed by atoms with Gasteiger partial charge in [-0.1, -0.05) is 181 Å². The van der Waals surface area contributed by atoms with Crippen LogP contribution in [0.15, 0.2) is 68.6 Å². The monoisotopic (exact) mass is 1440 g/mol. The van der Waals surface area contributed by atoms with Crippen molar-refractivity contribution in [3.63, 3.8) is 0 Å². The average molecular weight is 1440 g/mol. The molecule has 0 bridgehead atoms. The Bertz CT molecular complexity index is 3150. The van der Waals surface area contributed by atoms with Crippen molar-refractivity contribution in [2.45, 2.75) is 309 Å². The number of hydrogen-bond donors (Lipinski definition) is 10. The van der Waals surface area contributed by atoms with E-state index < -0.39 is 156 Å². The molecule has 0 fully saturated rings. The van der Waals surface area contributed by atoms with Gasteiger partial charge in [-0.3, -0.25) is 47.9 Å². The van der Waals surface area contributed by atoms with Crippen LogP contribution in [-0.2, 0) is 47.9 Å². The standard InChI is InChI=1S/C22H38O5.C21H36O5.C20H30O5.C19H28O5/c1-13(2)7-10-16-20(25)19(17(23)11-8-14(3)4)21(26)22(16,27)18(24)12-9-15(5)6;1-12(2)7-9-15-19(24)18(16(22)11-14(5)6)20(25)21(15,26)17(23)10-8-13(3)4;1-11(2)7-9-14-18(23)16(17(22)13(5)6)19(24)20(14,25)15(21)10-8-12(3)4;1-6-14(20)16-17(22)13(9-7-11(2)3)19(24,18(16)23)15(21)10-8-12(4)5/h13-16,18,24,26-27H,7-12H2,1-6H3;12-15,17,23,25-26H,7-11H2,1-6H3;8,11,13-14,24-25H,7,9-10H2,1-6H3;8,11,13,23-24H,6-7,9-10H2,1-5H3/t16-,18?,22?;15-,17?,21?;14-,20?;13-,19?/m1111/s1. The third-order valence-corrected chi connectivity index (χ3v) is 19.6. The zero-order chi connectivity index (χ0) is 79.3. The molecule has 6 unspecified atom stereocenters. The highest BCUT2D eigenvalue weighted by Gasteiger charge is 2.62. The Morgan fingerprint density at radius 1 is 0.373 bits per heavy atom. The van der Waals surface area contributed by atoms with Crippen molar-refractivity contribution in [3.8, 4) is 0 Å². The third-order valence-electron chi connectivity index (χ3n) is 19.6. The van der Waals surface area contributed by atoms with E-state index in [4.69, 9.17) is 0 Å². The highest BCUT2D eigenvalue weighted by molar-refractivity contribution is 6.27. The lowest BCUT2D eigenvalue weighted by Gasteiger charge is -2.34. The SMILES string of the molecule is CC(C)=CCC(=O)C1(O)C(O)=C(C(=O)C(C)C)C(=O)[C@H]1CCC(C)C.CC(C)CCC(=O)C1=C(O)C(O)(C(O)CCC(C)C)[C@H](CCC(C)C)C1=O.CC(C)CCC(O)C1(O)C(O)=C(C(=O)CC(C)C)C(=O)[C@H]1CCC(C)C.CCC(=O)C1=C(O)C(O)(C(=O)CC=C(C)C)[C@H](CCC(C)C)C1=O. The predicted octanol–water partition coefficient (Wildman–Crippen LogP) is 13.9. The molecule has 0 heterocycles. The molecule has 0 aromatic heterocycles. The normalized spacial score (nSPS) is 24.3. The molecule has 10 atom stereocenters. The van der Waals surface area contributed by atoms with Crippen LogP contribution in [0.2, 0.25) is 0 Å². The highest BCUT2D eigenvalue weighted by Crippen LogP contribution is 2.48. The number of allylic oxidation sites excluding steroid dienone is 8. The van der Waals surface area contributed by atoms with Gasteiger partial charge in [0.05, 0.1) is 35.9 Å². The van der Waals surface area contributed by atoms with Crippen molar-refractivity contribution in [2.75, 3.05) is 0 Å². The largest absolute Gasteiger partial charge is 0.508 e. The maximum absolute atomic E-state index is 13.0. The average Bonchev–Trinajstić information content (AvgIpc) is 1.62. The van der Waals surface area contributed by atoms with Crippen LogP contribution in [0.1, 0.15) is 275 Å². The summed E-state index contributed by atoms with van der Waals surface area (Å²) in [5, 5.41) is 108. The van der Waals surface area contributed by atoms with E-state index in [0.717, 1.165) is 11.1 Å². The summed E-state index contributed by atoms with van der Waals surface area (Å²) in [5.41, 5.74) is -8.36. The second-order valence-corrected chi connectivity index (χ2v) is 33.1. The highest BCUT2D eigenvalue weighted by atomic mass is 16.4. The maximum Gasteiger partial charge on any atom is 0.191 e. The summed E-state index contributed by atoms with van der Waals surface area (Å²) < 4.78 is 0. The molecule has 0 spiro atoms. The van der Waals surface area contributed by atoms with E-state index in [1.807, 2.05) is 138 Å². The fraction of sp³-hybridized carbons (Fsp3) is 0.732. The number of carbonyl (C=O) groups is 10. The second-order valence-electron chi connectivity index (χ2n) is 33.1. The van der Waals surface area contributed by atoms with Crippen molar-refractivity contribution in [2.24, 2.45) is 76.9 Å². The molecule has 0 radical (unpaired) electrons. The molecule has 0 saturated carbocycles. The lowest BCUT2D eigenvalue weighted by molar-refractivity contribution is -0.144. The maximum atomic E-state index is 13.0. The number of rotatable bonds is 37. The predicted molar refractivity (Wildman–Crippen MR) is 396 cm³/mol. The Morgan fingerprint density at radius 3 is 0.951 bits per heavy atom. The summed E-state index contributed by atoms with van der Waals surface area (Å²) in [6.07, 6.45) is 6.93. The molecule has 0 aliphatic heterocycles. The number of ketones is 10. The van der Waals surface area contributed by atoms with Crippen molar-refractivity contribution in [3.05, 3.63) is 68.6 Å². The molecule has 0 amide bonds. The van der Waals surface area contributed by atoms with E-state index in [1.54, 1.807) is 32.9 Å². The first-order valence-corrected chi connectivity index (χ1v) is 37.5. The van der Waals surface area contributed by atoms with Gasteiger partial charge in [0.2, 0.25) is 0 Å². The quantitative estimate of drug-likeness (QED) is 0.0204. The first-order valence-electron chi connectivity index (χ1n) is 37.5. The van der Waals surface area contributed by atoms with E-state index in [0.29, 0.717) is 87.4 Å². The molecule has 0 aromatic carbocycles. The number of carbonyl (C=O) groups excluding carboxylic acids is 10. The summed E-state index contributed by atoms with van der Waals surface area (Å²) in [6, 6.07) is 0. The zero-order valence-corrected chi connectivity index (χ0v) is 66.1. The van der Waals surface area contributed by atoms with Gasteiger partial charge in [-0.25, -0.2) is 0 Å². The van der Waals surface area contributed by atoms with Crippen molar-refractivity contribution < 1.29 is 99.0 Å². The molecule has 0 saturated heterocycles. The smallest absolute Gasteiger partial charge is 0.191 e. The van der Waals surface area contributed by atoms with Gasteiger partial charge in [-0.05, 0) is 133 Å². The van der Waals surface area contributed by atoms with E-state index in [-0.39, 0.29) is 86.7 Å². The lowest BCUT2D eigenvalue weighted by Crippen LogP contribution is -2.49. The molecule has 4 aliphatic carbocycles. The van der Waals surface area contributed by atoms with Crippen LogP contribution >= 0.6 is 0 Å². The van der Waals surface area contributed by atoms with Gasteiger partial charge in [0.25, 0.3) is 0 Å². The Hall–Kier alpha value is -5.90. The topological polar surface area (TPSA) is 373 Å². The van der Waals surface area contributed by atoms with Gasteiger partial charge < -0.3 is 51.1 Å². The summed E-state index contributed by atoms with van der Waals surface area (Å²) in [7, 11) is 0. The van der Waals surface area contributed by atoms with Gasteiger partial charge in [-0.2, -0.15) is 0 Å². The van der Waals surface area contributed by atoms with Gasteiger partial charge >= 0.3 is 0 Å². The van der Waals surface area contributed by atoms with Gasteiger partial charge in [0.1, 0.15) is 45.3 Å². The van der Waals surface area contributed by atoms with E-state index in [9.17, 15) is 99.0 Å². The Labute approximate surface area is 609 Å².